The fourth-order valence-corrected chi connectivity index (χ4v) is 3.52. The summed E-state index contributed by atoms with van der Waals surface area (Å²) in [5, 5.41) is 2.96. The molecule has 3 aromatic carbocycles. The maximum absolute atomic E-state index is 13.3. The molecule has 0 aliphatic carbocycles. The van der Waals surface area contributed by atoms with E-state index in [2.05, 4.69) is 5.32 Å². The number of hydrogen-bond donors (Lipinski definition) is 1. The third-order valence-electron chi connectivity index (χ3n) is 5.62. The minimum atomic E-state index is -0.626. The summed E-state index contributed by atoms with van der Waals surface area (Å²) in [6, 6.07) is 24.6. The van der Waals surface area contributed by atoms with E-state index in [9.17, 15) is 9.59 Å². The van der Waals surface area contributed by atoms with Gasteiger partial charge in [-0.2, -0.15) is 0 Å². The Morgan fingerprint density at radius 2 is 1.50 bits per heavy atom. The zero-order chi connectivity index (χ0) is 23.1. The van der Waals surface area contributed by atoms with Gasteiger partial charge in [0, 0.05) is 32.0 Å². The highest BCUT2D eigenvalue weighted by molar-refractivity contribution is 5.97. The molecule has 0 bridgehead atoms. The van der Waals surface area contributed by atoms with E-state index in [1.165, 1.54) is 0 Å². The number of carbonyl (C=O) groups is 2. The van der Waals surface area contributed by atoms with Gasteiger partial charge in [-0.1, -0.05) is 54.6 Å². The van der Waals surface area contributed by atoms with Crippen molar-refractivity contribution in [3.63, 3.8) is 0 Å². The minimum absolute atomic E-state index is 0.0786. The Morgan fingerprint density at radius 1 is 0.875 bits per heavy atom. The molecule has 1 unspecified atom stereocenters. The van der Waals surface area contributed by atoms with Gasteiger partial charge in [0.15, 0.2) is 0 Å². The van der Waals surface area contributed by atoms with Gasteiger partial charge in [0.25, 0.3) is 0 Å². The molecule has 32 heavy (non-hydrogen) atoms. The fourth-order valence-electron chi connectivity index (χ4n) is 3.52. The van der Waals surface area contributed by atoms with Crippen LogP contribution in [0.4, 0.5) is 11.4 Å². The molecule has 1 atom stereocenters. The number of hydrogen-bond acceptors (Lipinski definition) is 3. The average molecular weight is 430 g/mol. The third-order valence-corrected chi connectivity index (χ3v) is 5.62. The Kier molecular flexibility index (Phi) is 7.66. The number of anilines is 2. The lowest BCUT2D eigenvalue weighted by molar-refractivity contribution is -0.138. The van der Waals surface area contributed by atoms with Crippen molar-refractivity contribution in [1.82, 2.24) is 4.90 Å². The molecule has 166 valence electrons. The molecule has 0 saturated carbocycles. The lowest BCUT2D eigenvalue weighted by atomic mass is 10.1. The molecule has 3 aromatic rings. The van der Waals surface area contributed by atoms with Crippen LogP contribution in [0.1, 0.15) is 23.6 Å². The zero-order valence-electron chi connectivity index (χ0n) is 19.2. The van der Waals surface area contributed by atoms with Gasteiger partial charge in [-0.05, 0) is 54.8 Å². The summed E-state index contributed by atoms with van der Waals surface area (Å²) in [7, 11) is 3.94. The first-order valence-corrected chi connectivity index (χ1v) is 10.8. The monoisotopic (exact) mass is 429 g/mol. The van der Waals surface area contributed by atoms with Gasteiger partial charge in [0.2, 0.25) is 11.8 Å². The van der Waals surface area contributed by atoms with Crippen molar-refractivity contribution < 1.29 is 9.59 Å². The van der Waals surface area contributed by atoms with E-state index in [1.54, 1.807) is 11.8 Å². The molecule has 0 radical (unpaired) electrons. The van der Waals surface area contributed by atoms with E-state index >= 15 is 0 Å². The summed E-state index contributed by atoms with van der Waals surface area (Å²) in [5.74, 6) is -0.289. The Balaban J connectivity index is 1.79. The van der Waals surface area contributed by atoms with E-state index in [1.807, 2.05) is 105 Å². The van der Waals surface area contributed by atoms with Gasteiger partial charge in [-0.25, -0.2) is 0 Å². The molecule has 0 aromatic heterocycles. The van der Waals surface area contributed by atoms with Gasteiger partial charge >= 0.3 is 0 Å². The quantitative estimate of drug-likeness (QED) is 0.567. The molecule has 0 heterocycles. The SMILES string of the molecule is Cc1ccccc1CN(C(=O)Cc1ccccc1)C(C)C(=O)Nc1ccc(N(C)C)cc1. The number of nitrogens with zero attached hydrogens (tertiary/aromatic N) is 2. The van der Waals surface area contributed by atoms with Crippen LogP contribution in [0.3, 0.4) is 0 Å². The molecule has 0 aliphatic heterocycles. The summed E-state index contributed by atoms with van der Waals surface area (Å²) in [6.45, 7) is 4.18. The van der Waals surface area contributed by atoms with Crippen molar-refractivity contribution in [2.45, 2.75) is 32.9 Å². The highest BCUT2D eigenvalue weighted by atomic mass is 16.2. The van der Waals surface area contributed by atoms with Crippen LogP contribution in [0.15, 0.2) is 78.9 Å². The van der Waals surface area contributed by atoms with E-state index < -0.39 is 6.04 Å². The Labute approximate surface area is 190 Å². The topological polar surface area (TPSA) is 52.7 Å². The van der Waals surface area contributed by atoms with Crippen LogP contribution in [-0.2, 0) is 22.6 Å². The predicted molar refractivity (Wildman–Crippen MR) is 131 cm³/mol. The lowest BCUT2D eigenvalue weighted by Gasteiger charge is -2.29. The van der Waals surface area contributed by atoms with Crippen molar-refractivity contribution >= 4 is 23.2 Å². The second-order valence-electron chi connectivity index (χ2n) is 8.22. The Bertz CT molecular complexity index is 1050. The maximum Gasteiger partial charge on any atom is 0.246 e. The van der Waals surface area contributed by atoms with Crippen LogP contribution >= 0.6 is 0 Å². The predicted octanol–water partition coefficient (Wildman–Crippen LogP) is 4.66. The van der Waals surface area contributed by atoms with E-state index in [-0.39, 0.29) is 18.2 Å². The third kappa shape index (κ3) is 5.97. The number of aryl methyl sites for hydroxylation is 1. The highest BCUT2D eigenvalue weighted by Crippen LogP contribution is 2.18. The highest BCUT2D eigenvalue weighted by Gasteiger charge is 2.26. The molecule has 0 fully saturated rings. The first-order chi connectivity index (χ1) is 15.3. The molecule has 0 saturated heterocycles. The van der Waals surface area contributed by atoms with E-state index in [4.69, 9.17) is 0 Å². The van der Waals surface area contributed by atoms with Gasteiger partial charge in [-0.3, -0.25) is 9.59 Å². The number of carbonyl (C=O) groups excluding carboxylic acids is 2. The molecule has 3 rings (SSSR count). The van der Waals surface area contributed by atoms with Gasteiger partial charge in [0.05, 0.1) is 6.42 Å². The van der Waals surface area contributed by atoms with Gasteiger partial charge < -0.3 is 15.1 Å². The summed E-state index contributed by atoms with van der Waals surface area (Å²) in [5.41, 5.74) is 4.81. The van der Waals surface area contributed by atoms with Crippen molar-refractivity contribution in [2.75, 3.05) is 24.3 Å². The largest absolute Gasteiger partial charge is 0.378 e. The summed E-state index contributed by atoms with van der Waals surface area (Å²) >= 11 is 0. The molecular formula is C27H31N3O2. The van der Waals surface area contributed by atoms with Gasteiger partial charge in [-0.15, -0.1) is 0 Å². The number of nitrogens with one attached hydrogen (secondary N) is 1. The van der Waals surface area contributed by atoms with Crippen LogP contribution in [0, 0.1) is 6.92 Å². The molecule has 0 aliphatic rings. The average Bonchev–Trinajstić information content (AvgIpc) is 2.79. The van der Waals surface area contributed by atoms with Crippen molar-refractivity contribution in [3.8, 4) is 0 Å². The second-order valence-corrected chi connectivity index (χ2v) is 8.22. The summed E-state index contributed by atoms with van der Waals surface area (Å²) < 4.78 is 0. The maximum atomic E-state index is 13.3. The van der Waals surface area contributed by atoms with Crippen LogP contribution in [0.5, 0.6) is 0 Å². The van der Waals surface area contributed by atoms with Crippen LogP contribution < -0.4 is 10.2 Å². The number of amides is 2. The van der Waals surface area contributed by atoms with Crippen LogP contribution in [-0.4, -0.2) is 36.9 Å². The summed E-state index contributed by atoms with van der Waals surface area (Å²) in [4.78, 5) is 30.0. The molecule has 1 N–H and O–H groups in total. The van der Waals surface area contributed by atoms with E-state index in [0.29, 0.717) is 12.2 Å². The molecule has 0 spiro atoms. The first-order valence-electron chi connectivity index (χ1n) is 10.8. The first kappa shape index (κ1) is 23.1. The smallest absolute Gasteiger partial charge is 0.246 e. The number of rotatable bonds is 8. The van der Waals surface area contributed by atoms with Crippen molar-refractivity contribution in [2.24, 2.45) is 0 Å². The normalized spacial score (nSPS) is 11.5. The van der Waals surface area contributed by atoms with Crippen LogP contribution in [0.25, 0.3) is 0 Å². The molecule has 2 amide bonds. The molecular weight excluding hydrogens is 398 g/mol. The van der Waals surface area contributed by atoms with Crippen LogP contribution in [0.2, 0.25) is 0 Å². The van der Waals surface area contributed by atoms with Crippen molar-refractivity contribution in [1.29, 1.82) is 0 Å². The Morgan fingerprint density at radius 3 is 2.12 bits per heavy atom. The minimum Gasteiger partial charge on any atom is -0.378 e. The number of benzene rings is 3. The summed E-state index contributed by atoms with van der Waals surface area (Å²) in [6.07, 6.45) is 0.252. The Hall–Kier alpha value is -3.60. The van der Waals surface area contributed by atoms with Crippen molar-refractivity contribution in [3.05, 3.63) is 95.6 Å². The molecule has 5 heteroatoms. The van der Waals surface area contributed by atoms with Gasteiger partial charge in [0.1, 0.15) is 6.04 Å². The second kappa shape index (κ2) is 10.6. The zero-order valence-corrected chi connectivity index (χ0v) is 19.2. The lowest BCUT2D eigenvalue weighted by Crippen LogP contribution is -2.45. The molecule has 5 nitrogen and oxygen atoms in total. The van der Waals surface area contributed by atoms with E-state index in [0.717, 1.165) is 22.4 Å². The fraction of sp³-hybridized carbons (Fsp3) is 0.259. The standard InChI is InChI=1S/C27H31N3O2/c1-20-10-8-9-13-23(20)19-30(26(31)18-22-11-6-5-7-12-22)21(2)27(32)28-24-14-16-25(17-15-24)29(3)4/h5-17,21H,18-19H2,1-4H3,(H,28,32).